The zero-order valence-electron chi connectivity index (χ0n) is 13.5. The van der Waals surface area contributed by atoms with Crippen LogP contribution < -0.4 is 15.6 Å². The molecule has 0 bridgehead atoms. The number of alkyl halides is 3. The predicted octanol–water partition coefficient (Wildman–Crippen LogP) is 4.18. The van der Waals surface area contributed by atoms with Gasteiger partial charge in [-0.2, -0.15) is 13.2 Å². The quantitative estimate of drug-likeness (QED) is 0.482. The van der Waals surface area contributed by atoms with Crippen molar-refractivity contribution in [1.82, 2.24) is 0 Å². The van der Waals surface area contributed by atoms with Crippen LogP contribution in [-0.2, 0) is 0 Å². The summed E-state index contributed by atoms with van der Waals surface area (Å²) >= 11 is 0. The lowest BCUT2D eigenvalue weighted by Gasteiger charge is -2.23. The highest BCUT2D eigenvalue weighted by Gasteiger charge is 2.26. The van der Waals surface area contributed by atoms with Crippen LogP contribution in [0.15, 0.2) is 54.6 Å². The Morgan fingerprint density at radius 1 is 1.12 bits per heavy atom. The van der Waals surface area contributed by atoms with E-state index in [1.807, 2.05) is 0 Å². The van der Waals surface area contributed by atoms with Crippen LogP contribution in [0.5, 0.6) is 5.75 Å². The number of nitrogens with two attached hydrogens (primary N) is 1. The molecule has 4 nitrogen and oxygen atoms in total. The van der Waals surface area contributed by atoms with Gasteiger partial charge in [0.05, 0.1) is 24.9 Å². The third-order valence-corrected chi connectivity index (χ3v) is 3.48. The number of halogens is 3. The zero-order valence-corrected chi connectivity index (χ0v) is 13.5. The van der Waals surface area contributed by atoms with Crippen LogP contribution in [0.3, 0.4) is 0 Å². The SMILES string of the molecule is COc1ccc(/C(=C/CC(F)(F)F)N(N)c2ccc(C=O)cc2)cc1. The van der Waals surface area contributed by atoms with Gasteiger partial charge in [0.25, 0.3) is 0 Å². The van der Waals surface area contributed by atoms with Crippen molar-refractivity contribution in [3.8, 4) is 5.75 Å². The smallest absolute Gasteiger partial charge is 0.392 e. The minimum absolute atomic E-state index is 0.193. The van der Waals surface area contributed by atoms with E-state index in [4.69, 9.17) is 10.6 Å². The molecule has 0 saturated heterocycles. The minimum Gasteiger partial charge on any atom is -0.497 e. The van der Waals surface area contributed by atoms with E-state index in [9.17, 15) is 18.0 Å². The molecule has 0 aliphatic carbocycles. The van der Waals surface area contributed by atoms with Crippen molar-refractivity contribution in [3.05, 3.63) is 65.7 Å². The van der Waals surface area contributed by atoms with Gasteiger partial charge in [-0.1, -0.05) is 0 Å². The van der Waals surface area contributed by atoms with Gasteiger partial charge in [0, 0.05) is 5.56 Å². The van der Waals surface area contributed by atoms with Gasteiger partial charge in [0.2, 0.25) is 0 Å². The molecule has 132 valence electrons. The monoisotopic (exact) mass is 350 g/mol. The van der Waals surface area contributed by atoms with E-state index in [0.717, 1.165) is 11.1 Å². The van der Waals surface area contributed by atoms with Gasteiger partial charge in [0.1, 0.15) is 12.0 Å². The second-order valence-corrected chi connectivity index (χ2v) is 5.22. The van der Waals surface area contributed by atoms with Gasteiger partial charge in [-0.25, -0.2) is 5.84 Å². The molecule has 0 aliphatic rings. The fourth-order valence-corrected chi connectivity index (χ4v) is 2.18. The highest BCUT2D eigenvalue weighted by atomic mass is 19.4. The highest BCUT2D eigenvalue weighted by molar-refractivity contribution is 5.80. The van der Waals surface area contributed by atoms with E-state index in [2.05, 4.69) is 0 Å². The Bertz CT molecular complexity index is 738. The second kappa shape index (κ2) is 7.85. The number of rotatable bonds is 6. The molecular formula is C18H17F3N2O2. The number of carbonyl (C=O) groups is 1. The molecule has 0 heterocycles. The maximum atomic E-state index is 12.7. The molecule has 2 N–H and O–H groups in total. The van der Waals surface area contributed by atoms with Crippen LogP contribution in [0.1, 0.15) is 22.3 Å². The minimum atomic E-state index is -4.35. The van der Waals surface area contributed by atoms with Crippen LogP contribution in [0.4, 0.5) is 18.9 Å². The molecule has 0 atom stereocenters. The van der Waals surface area contributed by atoms with Gasteiger partial charge in [-0.15, -0.1) is 0 Å². The Labute approximate surface area is 143 Å². The molecule has 0 saturated carbocycles. The molecule has 0 aliphatic heterocycles. The summed E-state index contributed by atoms with van der Waals surface area (Å²) in [6.07, 6.45) is -3.77. The lowest BCUT2D eigenvalue weighted by molar-refractivity contribution is -0.124. The maximum absolute atomic E-state index is 12.7. The van der Waals surface area contributed by atoms with Crippen molar-refractivity contribution in [2.75, 3.05) is 12.1 Å². The van der Waals surface area contributed by atoms with Gasteiger partial charge in [0.15, 0.2) is 0 Å². The van der Waals surface area contributed by atoms with E-state index < -0.39 is 12.6 Å². The number of aldehydes is 1. The Morgan fingerprint density at radius 3 is 2.20 bits per heavy atom. The van der Waals surface area contributed by atoms with Crippen LogP contribution in [-0.4, -0.2) is 19.6 Å². The molecule has 0 aromatic heterocycles. The number of methoxy groups -OCH3 is 1. The van der Waals surface area contributed by atoms with Gasteiger partial charge in [-0.3, -0.25) is 9.80 Å². The molecule has 0 radical (unpaired) electrons. The standard InChI is InChI=1S/C18H17F3N2O2/c1-25-16-8-4-14(5-9-16)17(10-11-18(19,20)21)23(22)15-6-2-13(12-24)3-7-15/h2-10,12H,11,22H2,1H3/b17-10-. The average molecular weight is 350 g/mol. The Morgan fingerprint density at radius 2 is 1.72 bits per heavy atom. The molecule has 0 spiro atoms. The summed E-state index contributed by atoms with van der Waals surface area (Å²) in [4.78, 5) is 10.7. The Hall–Kier alpha value is -2.80. The van der Waals surface area contributed by atoms with Crippen molar-refractivity contribution in [1.29, 1.82) is 0 Å². The van der Waals surface area contributed by atoms with E-state index in [1.165, 1.54) is 19.2 Å². The third kappa shape index (κ3) is 5.09. The lowest BCUT2D eigenvalue weighted by Crippen LogP contribution is -2.29. The van der Waals surface area contributed by atoms with Crippen molar-refractivity contribution in [2.24, 2.45) is 5.84 Å². The summed E-state index contributed by atoms with van der Waals surface area (Å²) in [5.41, 5.74) is 1.60. The van der Waals surface area contributed by atoms with Gasteiger partial charge >= 0.3 is 6.18 Å². The van der Waals surface area contributed by atoms with Crippen molar-refractivity contribution in [2.45, 2.75) is 12.6 Å². The highest BCUT2D eigenvalue weighted by Crippen LogP contribution is 2.28. The first-order valence-corrected chi connectivity index (χ1v) is 7.35. The number of hydrogen-bond acceptors (Lipinski definition) is 4. The number of allylic oxidation sites excluding steroid dienone is 1. The van der Waals surface area contributed by atoms with Crippen LogP contribution in [0.25, 0.3) is 5.70 Å². The number of carbonyl (C=O) groups excluding carboxylic acids is 1. The summed E-state index contributed by atoms with van der Waals surface area (Å²) in [5.74, 6) is 6.62. The summed E-state index contributed by atoms with van der Waals surface area (Å²) in [6, 6.07) is 12.7. The van der Waals surface area contributed by atoms with Crippen LogP contribution in [0, 0.1) is 0 Å². The number of benzene rings is 2. The van der Waals surface area contributed by atoms with Gasteiger partial charge in [-0.05, 0) is 60.2 Å². The summed E-state index contributed by atoms with van der Waals surface area (Å²) in [7, 11) is 1.50. The molecule has 2 aromatic carbocycles. The summed E-state index contributed by atoms with van der Waals surface area (Å²) in [6.45, 7) is 0. The van der Waals surface area contributed by atoms with Crippen molar-refractivity contribution in [3.63, 3.8) is 0 Å². The molecule has 0 amide bonds. The van der Waals surface area contributed by atoms with Crippen LogP contribution >= 0.6 is 0 Å². The van der Waals surface area contributed by atoms with E-state index in [0.29, 0.717) is 28.8 Å². The number of anilines is 1. The second-order valence-electron chi connectivity index (χ2n) is 5.22. The molecule has 2 rings (SSSR count). The largest absolute Gasteiger partial charge is 0.497 e. The van der Waals surface area contributed by atoms with Crippen molar-refractivity contribution >= 4 is 17.7 Å². The Kier molecular flexibility index (Phi) is 5.82. The normalized spacial score (nSPS) is 12.0. The Balaban J connectivity index is 2.39. The summed E-state index contributed by atoms with van der Waals surface area (Å²) < 4.78 is 43.0. The first kappa shape index (κ1) is 18.5. The zero-order chi connectivity index (χ0) is 18.4. The lowest BCUT2D eigenvalue weighted by atomic mass is 10.1. The predicted molar refractivity (Wildman–Crippen MR) is 90.1 cm³/mol. The molecule has 0 fully saturated rings. The fraction of sp³-hybridized carbons (Fsp3) is 0.167. The maximum Gasteiger partial charge on any atom is 0.392 e. The number of ether oxygens (including phenoxy) is 1. The molecule has 25 heavy (non-hydrogen) atoms. The number of hydrazine groups is 1. The van der Waals surface area contributed by atoms with Gasteiger partial charge < -0.3 is 4.74 Å². The fourth-order valence-electron chi connectivity index (χ4n) is 2.18. The first-order chi connectivity index (χ1) is 11.8. The van der Waals surface area contributed by atoms with E-state index >= 15 is 0 Å². The number of hydrogen-bond donors (Lipinski definition) is 1. The van der Waals surface area contributed by atoms with E-state index in [-0.39, 0.29) is 5.70 Å². The molecule has 2 aromatic rings. The molecule has 0 unspecified atom stereocenters. The third-order valence-electron chi connectivity index (χ3n) is 3.48. The number of nitrogens with zero attached hydrogens (tertiary/aromatic N) is 1. The topological polar surface area (TPSA) is 55.6 Å². The van der Waals surface area contributed by atoms with E-state index in [1.54, 1.807) is 36.4 Å². The summed E-state index contributed by atoms with van der Waals surface area (Å²) in [5, 5.41) is 1.15. The molecule has 7 heteroatoms. The first-order valence-electron chi connectivity index (χ1n) is 7.35. The van der Waals surface area contributed by atoms with Crippen LogP contribution in [0.2, 0.25) is 0 Å². The average Bonchev–Trinajstić information content (AvgIpc) is 2.61. The van der Waals surface area contributed by atoms with Crippen molar-refractivity contribution < 1.29 is 22.7 Å². The molecular weight excluding hydrogens is 333 g/mol.